The first-order chi connectivity index (χ1) is 12.5. The summed E-state index contributed by atoms with van der Waals surface area (Å²) in [6.45, 7) is 3.60. The molecule has 0 unspecified atom stereocenters. The minimum Gasteiger partial charge on any atom is -0.350 e. The summed E-state index contributed by atoms with van der Waals surface area (Å²) in [6, 6.07) is 13.9. The molecule has 6 heteroatoms. The first kappa shape index (κ1) is 17.7. The van der Waals surface area contributed by atoms with E-state index in [-0.39, 0.29) is 24.8 Å². The normalized spacial score (nSPS) is 12.1. The van der Waals surface area contributed by atoms with Crippen molar-refractivity contribution in [2.24, 2.45) is 0 Å². The number of nitrogens with one attached hydrogen (secondary N) is 3. The lowest BCUT2D eigenvalue weighted by Gasteiger charge is -2.16. The molecule has 0 radical (unpaired) electrons. The molecule has 0 saturated carbocycles. The van der Waals surface area contributed by atoms with E-state index in [9.17, 15) is 14.4 Å². The van der Waals surface area contributed by atoms with E-state index in [0.29, 0.717) is 11.3 Å². The predicted octanol–water partition coefficient (Wildman–Crippen LogP) is 2.33. The molecule has 2 aromatic carbocycles. The Morgan fingerprint density at radius 1 is 1.08 bits per heavy atom. The molecular weight excluding hydrogens is 330 g/mol. The van der Waals surface area contributed by atoms with Gasteiger partial charge in [0, 0.05) is 17.7 Å². The molecule has 0 aliphatic rings. The number of amides is 1. The number of hydrogen-bond donors (Lipinski definition) is 3. The molecule has 1 aromatic heterocycles. The van der Waals surface area contributed by atoms with Crippen LogP contribution in [-0.2, 0) is 11.2 Å². The molecule has 1 atom stereocenters. The van der Waals surface area contributed by atoms with Gasteiger partial charge in [-0.05, 0) is 36.6 Å². The fourth-order valence-electron chi connectivity index (χ4n) is 3.18. The molecule has 0 saturated heterocycles. The van der Waals surface area contributed by atoms with Crippen molar-refractivity contribution < 1.29 is 4.79 Å². The maximum Gasteiger partial charge on any atom is 0.325 e. The first-order valence-corrected chi connectivity index (χ1v) is 8.55. The molecule has 0 aliphatic heterocycles. The van der Waals surface area contributed by atoms with Crippen molar-refractivity contribution >= 4 is 16.7 Å². The van der Waals surface area contributed by atoms with Crippen LogP contribution in [0.25, 0.3) is 10.8 Å². The van der Waals surface area contributed by atoms with Crippen LogP contribution in [0.4, 0.5) is 0 Å². The van der Waals surface area contributed by atoms with Crippen molar-refractivity contribution in [2.45, 2.75) is 32.7 Å². The zero-order valence-electron chi connectivity index (χ0n) is 14.8. The molecular formula is C20H21N3O3. The molecule has 134 valence electrons. The zero-order valence-corrected chi connectivity index (χ0v) is 14.8. The Balaban J connectivity index is 1.70. The summed E-state index contributed by atoms with van der Waals surface area (Å²) in [5.41, 5.74) is 0.993. The van der Waals surface area contributed by atoms with Gasteiger partial charge in [-0.15, -0.1) is 0 Å². The lowest BCUT2D eigenvalue weighted by Crippen LogP contribution is -2.30. The molecule has 0 bridgehead atoms. The van der Waals surface area contributed by atoms with Gasteiger partial charge in [-0.25, -0.2) is 4.79 Å². The number of carbonyl (C=O) groups excluding carboxylic acids is 1. The summed E-state index contributed by atoms with van der Waals surface area (Å²) in [5.74, 6) is -0.143. The monoisotopic (exact) mass is 351 g/mol. The van der Waals surface area contributed by atoms with Crippen molar-refractivity contribution in [1.82, 2.24) is 15.3 Å². The molecule has 0 fully saturated rings. The number of fused-ring (bicyclic) bond motifs is 1. The van der Waals surface area contributed by atoms with Crippen LogP contribution in [-0.4, -0.2) is 15.9 Å². The Labute approximate surface area is 150 Å². The summed E-state index contributed by atoms with van der Waals surface area (Å²) in [6.07, 6.45) is 0.442. The van der Waals surface area contributed by atoms with Gasteiger partial charge in [-0.1, -0.05) is 42.5 Å². The molecule has 3 N–H and O–H groups in total. The van der Waals surface area contributed by atoms with E-state index in [1.165, 1.54) is 0 Å². The number of aromatic amines is 2. The van der Waals surface area contributed by atoms with Crippen LogP contribution in [0.1, 0.15) is 36.2 Å². The third kappa shape index (κ3) is 3.74. The summed E-state index contributed by atoms with van der Waals surface area (Å²) >= 11 is 0. The van der Waals surface area contributed by atoms with Gasteiger partial charge >= 0.3 is 5.69 Å². The molecule has 3 aromatic rings. The van der Waals surface area contributed by atoms with Gasteiger partial charge < -0.3 is 10.3 Å². The largest absolute Gasteiger partial charge is 0.350 e. The standard InChI is InChI=1S/C20H21N3O3/c1-12(15-9-5-7-14-6-3-4-8-17(14)15)21-18(24)11-10-16-13(2)22-20(26)23-19(16)25/h3-9,12H,10-11H2,1-2H3,(H,21,24)(H2,22,23,25,26)/t12-/m1/s1. The van der Waals surface area contributed by atoms with Crippen LogP contribution in [0.5, 0.6) is 0 Å². The fourth-order valence-corrected chi connectivity index (χ4v) is 3.18. The number of carbonyl (C=O) groups is 1. The Morgan fingerprint density at radius 3 is 2.58 bits per heavy atom. The van der Waals surface area contributed by atoms with Crippen LogP contribution in [0.2, 0.25) is 0 Å². The van der Waals surface area contributed by atoms with E-state index in [1.807, 2.05) is 49.4 Å². The van der Waals surface area contributed by atoms with Gasteiger partial charge in [0.25, 0.3) is 5.56 Å². The highest BCUT2D eigenvalue weighted by Gasteiger charge is 2.14. The molecule has 1 amide bonds. The number of aryl methyl sites for hydroxylation is 1. The van der Waals surface area contributed by atoms with Crippen molar-refractivity contribution in [2.75, 3.05) is 0 Å². The highest BCUT2D eigenvalue weighted by Crippen LogP contribution is 2.24. The average Bonchev–Trinajstić information content (AvgIpc) is 2.60. The van der Waals surface area contributed by atoms with Gasteiger partial charge in [-0.3, -0.25) is 14.6 Å². The van der Waals surface area contributed by atoms with Crippen molar-refractivity contribution in [3.63, 3.8) is 0 Å². The third-order valence-electron chi connectivity index (χ3n) is 4.52. The van der Waals surface area contributed by atoms with Crippen molar-refractivity contribution in [3.05, 3.63) is 80.1 Å². The van der Waals surface area contributed by atoms with E-state index in [1.54, 1.807) is 6.92 Å². The number of hydrogen-bond acceptors (Lipinski definition) is 3. The minimum absolute atomic E-state index is 0.143. The zero-order chi connectivity index (χ0) is 18.7. The Kier molecular flexibility index (Phi) is 5.02. The number of H-pyrrole nitrogens is 2. The third-order valence-corrected chi connectivity index (χ3v) is 4.52. The van der Waals surface area contributed by atoms with Crippen LogP contribution < -0.4 is 16.6 Å². The number of benzene rings is 2. The van der Waals surface area contributed by atoms with Crippen LogP contribution in [0, 0.1) is 6.92 Å². The first-order valence-electron chi connectivity index (χ1n) is 8.55. The van der Waals surface area contributed by atoms with Crippen LogP contribution in [0.15, 0.2) is 52.1 Å². The molecule has 0 spiro atoms. The predicted molar refractivity (Wildman–Crippen MR) is 101 cm³/mol. The van der Waals surface area contributed by atoms with Gasteiger partial charge in [0.1, 0.15) is 0 Å². The second-order valence-electron chi connectivity index (χ2n) is 6.37. The average molecular weight is 351 g/mol. The van der Waals surface area contributed by atoms with E-state index >= 15 is 0 Å². The lowest BCUT2D eigenvalue weighted by atomic mass is 9.99. The summed E-state index contributed by atoms with van der Waals surface area (Å²) in [4.78, 5) is 40.1. The van der Waals surface area contributed by atoms with Crippen molar-refractivity contribution in [3.8, 4) is 0 Å². The van der Waals surface area contributed by atoms with Crippen LogP contribution >= 0.6 is 0 Å². The highest BCUT2D eigenvalue weighted by molar-refractivity contribution is 5.86. The highest BCUT2D eigenvalue weighted by atomic mass is 16.2. The van der Waals surface area contributed by atoms with E-state index < -0.39 is 11.2 Å². The minimum atomic E-state index is -0.537. The molecule has 0 aliphatic carbocycles. The Morgan fingerprint density at radius 2 is 1.81 bits per heavy atom. The van der Waals surface area contributed by atoms with E-state index in [0.717, 1.165) is 16.3 Å². The van der Waals surface area contributed by atoms with E-state index in [2.05, 4.69) is 15.3 Å². The van der Waals surface area contributed by atoms with Gasteiger partial charge in [0.05, 0.1) is 6.04 Å². The molecule has 1 heterocycles. The second kappa shape index (κ2) is 7.39. The fraction of sp³-hybridized carbons (Fsp3) is 0.250. The lowest BCUT2D eigenvalue weighted by molar-refractivity contribution is -0.121. The number of rotatable bonds is 5. The maximum absolute atomic E-state index is 12.3. The quantitative estimate of drug-likeness (QED) is 0.658. The molecule has 26 heavy (non-hydrogen) atoms. The SMILES string of the molecule is Cc1[nH]c(=O)[nH]c(=O)c1CCC(=O)N[C@H](C)c1cccc2ccccc12. The summed E-state index contributed by atoms with van der Waals surface area (Å²) < 4.78 is 0. The smallest absolute Gasteiger partial charge is 0.325 e. The molecule has 6 nitrogen and oxygen atoms in total. The van der Waals surface area contributed by atoms with Gasteiger partial charge in [0.15, 0.2) is 0 Å². The maximum atomic E-state index is 12.3. The van der Waals surface area contributed by atoms with Crippen molar-refractivity contribution in [1.29, 1.82) is 0 Å². The number of aromatic nitrogens is 2. The molecule has 3 rings (SSSR count). The van der Waals surface area contributed by atoms with Crippen LogP contribution in [0.3, 0.4) is 0 Å². The summed E-state index contributed by atoms with van der Waals surface area (Å²) in [5, 5.41) is 5.22. The topological polar surface area (TPSA) is 94.8 Å². The second-order valence-corrected chi connectivity index (χ2v) is 6.37. The van der Waals surface area contributed by atoms with E-state index in [4.69, 9.17) is 0 Å². The Bertz CT molecular complexity index is 1060. The summed E-state index contributed by atoms with van der Waals surface area (Å²) in [7, 11) is 0. The van der Waals surface area contributed by atoms with Gasteiger partial charge in [-0.2, -0.15) is 0 Å². The Hall–Kier alpha value is -3.15. The van der Waals surface area contributed by atoms with Gasteiger partial charge in [0.2, 0.25) is 5.91 Å².